The molecule has 3 N–H and O–H groups in total. The van der Waals surface area contributed by atoms with E-state index in [9.17, 15) is 18.4 Å². The van der Waals surface area contributed by atoms with E-state index in [1.807, 2.05) is 24.3 Å². The first-order valence-corrected chi connectivity index (χ1v) is 10.9. The number of para-hydroxylation sites is 1. The molecule has 2 saturated heterocycles. The van der Waals surface area contributed by atoms with Crippen LogP contribution in [0, 0.1) is 0 Å². The smallest absolute Gasteiger partial charge is 0.257 e. The molecule has 2 amide bonds. The third kappa shape index (κ3) is 4.82. The molecule has 9 heteroatoms. The van der Waals surface area contributed by atoms with Gasteiger partial charge in [0.15, 0.2) is 0 Å². The van der Waals surface area contributed by atoms with E-state index in [-0.39, 0.29) is 30.4 Å². The molecule has 0 bridgehead atoms. The number of ether oxygens (including phenoxy) is 1. The predicted octanol–water partition coefficient (Wildman–Crippen LogP) is 1.67. The zero-order valence-electron chi connectivity index (χ0n) is 17.7. The minimum atomic E-state index is -2.85. The van der Waals surface area contributed by atoms with Crippen LogP contribution < -0.4 is 15.8 Å². The number of carbonyl (C=O) groups is 2. The van der Waals surface area contributed by atoms with Crippen LogP contribution in [0.15, 0.2) is 24.3 Å². The van der Waals surface area contributed by atoms with Gasteiger partial charge in [-0.25, -0.2) is 8.78 Å². The van der Waals surface area contributed by atoms with Crippen LogP contribution >= 0.6 is 0 Å². The largest absolute Gasteiger partial charge is 0.493 e. The first-order chi connectivity index (χ1) is 14.7. The molecule has 3 aliphatic heterocycles. The van der Waals surface area contributed by atoms with Gasteiger partial charge in [-0.3, -0.25) is 14.5 Å². The zero-order chi connectivity index (χ0) is 22.2. The van der Waals surface area contributed by atoms with Gasteiger partial charge in [0.25, 0.3) is 5.92 Å². The molecule has 2 fully saturated rings. The van der Waals surface area contributed by atoms with Gasteiger partial charge in [0.05, 0.1) is 25.2 Å². The molecule has 31 heavy (non-hydrogen) atoms. The summed E-state index contributed by atoms with van der Waals surface area (Å²) in [6.45, 7) is 1.45. The van der Waals surface area contributed by atoms with Crippen molar-refractivity contribution < 1.29 is 23.1 Å². The number of carbonyl (C=O) groups excluding carboxylic acids is 2. The van der Waals surface area contributed by atoms with Crippen LogP contribution in [0.5, 0.6) is 5.75 Å². The lowest BCUT2D eigenvalue weighted by molar-refractivity contribution is -0.143. The molecule has 0 radical (unpaired) electrons. The molecule has 0 aliphatic carbocycles. The predicted molar refractivity (Wildman–Crippen MR) is 111 cm³/mol. The van der Waals surface area contributed by atoms with Crippen molar-refractivity contribution in [2.45, 2.75) is 62.7 Å². The van der Waals surface area contributed by atoms with Crippen molar-refractivity contribution in [3.63, 3.8) is 0 Å². The molecule has 4 rings (SSSR count). The van der Waals surface area contributed by atoms with Gasteiger partial charge in [-0.15, -0.1) is 0 Å². The summed E-state index contributed by atoms with van der Waals surface area (Å²) in [7, 11) is 0. The fourth-order valence-electron chi connectivity index (χ4n) is 5.02. The van der Waals surface area contributed by atoms with Gasteiger partial charge in [0, 0.05) is 38.0 Å². The summed E-state index contributed by atoms with van der Waals surface area (Å²) >= 11 is 0. The van der Waals surface area contributed by atoms with Crippen molar-refractivity contribution in [3.05, 3.63) is 29.8 Å². The van der Waals surface area contributed by atoms with Crippen molar-refractivity contribution in [3.8, 4) is 5.75 Å². The zero-order valence-corrected chi connectivity index (χ0v) is 17.7. The molecule has 0 saturated carbocycles. The number of hydrogen-bond donors (Lipinski definition) is 2. The lowest BCUT2D eigenvalue weighted by Crippen LogP contribution is -2.59. The molecule has 4 atom stereocenters. The second-order valence-electron chi connectivity index (χ2n) is 8.93. The average Bonchev–Trinajstić information content (AvgIpc) is 3.13. The Morgan fingerprint density at radius 2 is 2.03 bits per heavy atom. The number of hydrogen-bond acceptors (Lipinski definition) is 5. The summed E-state index contributed by atoms with van der Waals surface area (Å²) in [5.41, 5.74) is 7.03. The molecule has 0 spiro atoms. The number of nitrogens with two attached hydrogens (primary N) is 1. The molecule has 7 nitrogen and oxygen atoms in total. The third-order valence-corrected chi connectivity index (χ3v) is 6.39. The van der Waals surface area contributed by atoms with E-state index >= 15 is 0 Å². The second-order valence-corrected chi connectivity index (χ2v) is 8.93. The van der Waals surface area contributed by atoms with Gasteiger partial charge in [-0.1, -0.05) is 18.2 Å². The van der Waals surface area contributed by atoms with E-state index < -0.39 is 24.6 Å². The third-order valence-electron chi connectivity index (χ3n) is 6.39. The van der Waals surface area contributed by atoms with Crippen LogP contribution in [0.25, 0.3) is 0 Å². The Morgan fingerprint density at radius 1 is 1.26 bits per heavy atom. The normalized spacial score (nSPS) is 29.4. The number of nitrogens with one attached hydrogen (secondary N) is 1. The van der Waals surface area contributed by atoms with Gasteiger partial charge in [0.2, 0.25) is 11.8 Å². The molecule has 3 aliphatic rings. The Balaban J connectivity index is 1.46. The molecule has 1 aromatic rings. The van der Waals surface area contributed by atoms with E-state index in [2.05, 4.69) is 5.32 Å². The first kappa shape index (κ1) is 22.0. The van der Waals surface area contributed by atoms with E-state index in [1.165, 1.54) is 0 Å². The van der Waals surface area contributed by atoms with Crippen LogP contribution in [-0.4, -0.2) is 71.9 Å². The monoisotopic (exact) mass is 436 g/mol. The summed E-state index contributed by atoms with van der Waals surface area (Å²) in [5.74, 6) is -2.61. The Bertz CT molecular complexity index is 831. The highest BCUT2D eigenvalue weighted by atomic mass is 19.3. The maximum atomic E-state index is 13.5. The summed E-state index contributed by atoms with van der Waals surface area (Å²) in [6, 6.07) is 5.77. The van der Waals surface area contributed by atoms with Crippen molar-refractivity contribution in [1.29, 1.82) is 0 Å². The van der Waals surface area contributed by atoms with Crippen LogP contribution in [-0.2, 0) is 9.59 Å². The summed E-state index contributed by atoms with van der Waals surface area (Å²) < 4.78 is 32.6. The summed E-state index contributed by atoms with van der Waals surface area (Å²) in [4.78, 5) is 29.4. The summed E-state index contributed by atoms with van der Waals surface area (Å²) in [5, 5.41) is 3.10. The van der Waals surface area contributed by atoms with Crippen LogP contribution in [0.3, 0.4) is 0 Å². The Hall–Kier alpha value is -2.26. The van der Waals surface area contributed by atoms with Gasteiger partial charge >= 0.3 is 0 Å². The highest BCUT2D eigenvalue weighted by Crippen LogP contribution is 2.33. The Morgan fingerprint density at radius 3 is 2.81 bits per heavy atom. The van der Waals surface area contributed by atoms with Gasteiger partial charge < -0.3 is 20.7 Å². The lowest BCUT2D eigenvalue weighted by atomic mass is 10.00. The fourth-order valence-corrected chi connectivity index (χ4v) is 5.02. The Kier molecular flexibility index (Phi) is 6.16. The van der Waals surface area contributed by atoms with Crippen molar-refractivity contribution in [2.75, 3.05) is 26.2 Å². The topological polar surface area (TPSA) is 87.9 Å². The van der Waals surface area contributed by atoms with E-state index in [1.54, 1.807) is 9.80 Å². The minimum absolute atomic E-state index is 0.0627. The number of rotatable bonds is 4. The van der Waals surface area contributed by atoms with E-state index in [0.29, 0.717) is 38.8 Å². The van der Waals surface area contributed by atoms with E-state index in [4.69, 9.17) is 10.5 Å². The Labute approximate surface area is 180 Å². The fraction of sp³-hybridized carbons (Fsp3) is 0.636. The number of fused-ring (bicyclic) bond motifs is 2. The van der Waals surface area contributed by atoms with Gasteiger partial charge in [0.1, 0.15) is 11.8 Å². The highest BCUT2D eigenvalue weighted by Gasteiger charge is 2.44. The van der Waals surface area contributed by atoms with Crippen LogP contribution in [0.2, 0.25) is 0 Å². The quantitative estimate of drug-likeness (QED) is 0.750. The highest BCUT2D eigenvalue weighted by molar-refractivity contribution is 5.91. The molecule has 0 unspecified atom stereocenters. The van der Waals surface area contributed by atoms with Gasteiger partial charge in [-0.05, 0) is 25.3 Å². The second kappa shape index (κ2) is 8.70. The van der Waals surface area contributed by atoms with Crippen molar-refractivity contribution in [2.24, 2.45) is 5.73 Å². The molecule has 170 valence electrons. The van der Waals surface area contributed by atoms with Crippen LogP contribution in [0.1, 0.15) is 44.2 Å². The molecule has 3 heterocycles. The maximum absolute atomic E-state index is 13.5. The minimum Gasteiger partial charge on any atom is -0.493 e. The summed E-state index contributed by atoms with van der Waals surface area (Å²) in [6.07, 6.45) is 2.42. The molecular weight excluding hydrogens is 406 g/mol. The van der Waals surface area contributed by atoms with E-state index in [0.717, 1.165) is 18.2 Å². The van der Waals surface area contributed by atoms with Crippen LogP contribution in [0.4, 0.5) is 8.78 Å². The molecule has 1 aromatic carbocycles. The molecule has 0 aromatic heterocycles. The van der Waals surface area contributed by atoms with Crippen molar-refractivity contribution >= 4 is 11.8 Å². The number of alkyl halides is 2. The average molecular weight is 437 g/mol. The number of amides is 2. The number of halogens is 2. The first-order valence-electron chi connectivity index (χ1n) is 10.9. The number of benzene rings is 1. The SMILES string of the molecule is CC(F)(F)CN1CC[C@H]2CC[C@@H](C(=O)N[C@@H]3CCOc4ccccc43)N2C(=O)[C@@H](N)C1. The maximum Gasteiger partial charge on any atom is 0.257 e. The van der Waals surface area contributed by atoms with Gasteiger partial charge in [-0.2, -0.15) is 0 Å². The number of nitrogens with zero attached hydrogens (tertiary/aromatic N) is 2. The lowest BCUT2D eigenvalue weighted by Gasteiger charge is -2.38. The van der Waals surface area contributed by atoms with Crippen molar-refractivity contribution in [1.82, 2.24) is 15.1 Å². The molecular formula is C22H30F2N4O3. The standard InChI is InChI=1S/C22H30F2N4O3/c1-22(23,24)13-27-10-8-14-6-7-18(28(14)21(30)16(25)12-27)20(29)26-17-9-11-31-19-5-3-2-4-15(17)19/h2-5,14,16-18H,6-13,25H2,1H3,(H,26,29)/t14-,16+,17-,18+/m1/s1.